The summed E-state index contributed by atoms with van der Waals surface area (Å²) in [5.41, 5.74) is 1.48. The average molecular weight is 315 g/mol. The first-order valence-electron chi connectivity index (χ1n) is 8.45. The molecule has 2 aromatic rings. The first-order valence-corrected chi connectivity index (χ1v) is 8.45. The summed E-state index contributed by atoms with van der Waals surface area (Å²) in [6, 6.07) is 0.0900. The minimum atomic E-state index is -0.114. The van der Waals surface area contributed by atoms with Crippen LogP contribution < -0.4 is 5.32 Å². The van der Waals surface area contributed by atoms with Gasteiger partial charge in [-0.25, -0.2) is 0 Å². The molecule has 3 heterocycles. The zero-order valence-corrected chi connectivity index (χ0v) is 13.3. The zero-order chi connectivity index (χ0) is 15.8. The van der Waals surface area contributed by atoms with Crippen molar-refractivity contribution in [2.24, 2.45) is 0 Å². The van der Waals surface area contributed by atoms with Crippen LogP contribution in [-0.2, 0) is 32.2 Å². The summed E-state index contributed by atoms with van der Waals surface area (Å²) in [5, 5.41) is 15.6. The van der Waals surface area contributed by atoms with Gasteiger partial charge in [0.1, 0.15) is 17.4 Å². The van der Waals surface area contributed by atoms with Gasteiger partial charge in [-0.15, -0.1) is 10.2 Å². The summed E-state index contributed by atoms with van der Waals surface area (Å²) >= 11 is 0. The highest BCUT2D eigenvalue weighted by molar-refractivity contribution is 5.94. The second kappa shape index (κ2) is 5.79. The maximum absolute atomic E-state index is 12.6. The van der Waals surface area contributed by atoms with E-state index in [0.717, 1.165) is 74.5 Å². The summed E-state index contributed by atoms with van der Waals surface area (Å²) in [6.07, 6.45) is 6.57. The van der Waals surface area contributed by atoms with E-state index in [1.54, 1.807) is 0 Å². The van der Waals surface area contributed by atoms with E-state index in [1.165, 1.54) is 0 Å². The van der Waals surface area contributed by atoms with Crippen molar-refractivity contribution in [3.63, 3.8) is 0 Å². The smallest absolute Gasteiger partial charge is 0.274 e. The van der Waals surface area contributed by atoms with E-state index in [1.807, 2.05) is 0 Å². The lowest BCUT2D eigenvalue weighted by atomic mass is 9.96. The Morgan fingerprint density at radius 1 is 1.30 bits per heavy atom. The third kappa shape index (κ3) is 2.54. The number of nitrogens with zero attached hydrogens (tertiary/aromatic N) is 4. The Morgan fingerprint density at radius 3 is 3.04 bits per heavy atom. The maximum Gasteiger partial charge on any atom is 0.274 e. The third-order valence-electron chi connectivity index (χ3n) is 4.84. The van der Waals surface area contributed by atoms with Crippen LogP contribution in [-0.4, -0.2) is 31.9 Å². The zero-order valence-electron chi connectivity index (χ0n) is 13.3. The minimum Gasteiger partial charge on any atom is -0.360 e. The molecular formula is C16H21N5O2. The van der Waals surface area contributed by atoms with Crippen molar-refractivity contribution >= 4 is 5.91 Å². The van der Waals surface area contributed by atoms with Crippen LogP contribution in [0.15, 0.2) is 4.52 Å². The van der Waals surface area contributed by atoms with Gasteiger partial charge in [-0.05, 0) is 25.7 Å². The first kappa shape index (κ1) is 14.4. The molecule has 7 nitrogen and oxygen atoms in total. The molecule has 1 aliphatic carbocycles. The van der Waals surface area contributed by atoms with Gasteiger partial charge >= 0.3 is 0 Å². The molecule has 122 valence electrons. The van der Waals surface area contributed by atoms with Crippen LogP contribution in [0.25, 0.3) is 0 Å². The molecule has 2 aliphatic rings. The Labute approximate surface area is 134 Å². The Morgan fingerprint density at radius 2 is 2.17 bits per heavy atom. The monoisotopic (exact) mass is 315 g/mol. The van der Waals surface area contributed by atoms with Gasteiger partial charge < -0.3 is 14.4 Å². The molecule has 2 aromatic heterocycles. The van der Waals surface area contributed by atoms with Gasteiger partial charge in [0, 0.05) is 37.4 Å². The summed E-state index contributed by atoms with van der Waals surface area (Å²) < 4.78 is 7.47. The summed E-state index contributed by atoms with van der Waals surface area (Å²) in [6.45, 7) is 2.80. The van der Waals surface area contributed by atoms with Crippen LogP contribution >= 0.6 is 0 Å². The number of carbonyl (C=O) groups is 1. The molecule has 0 saturated heterocycles. The Bertz CT molecular complexity index is 719. The normalized spacial score (nSPS) is 20.0. The molecule has 1 N–H and O–H groups in total. The quantitative estimate of drug-likeness (QED) is 0.926. The van der Waals surface area contributed by atoms with Gasteiger partial charge in [0.05, 0.1) is 0 Å². The molecule has 0 bridgehead atoms. The van der Waals surface area contributed by atoms with E-state index in [-0.39, 0.29) is 11.9 Å². The number of rotatable bonds is 3. The topological polar surface area (TPSA) is 85.8 Å². The lowest BCUT2D eigenvalue weighted by Crippen LogP contribution is -2.41. The molecule has 1 aliphatic heterocycles. The van der Waals surface area contributed by atoms with Crippen molar-refractivity contribution < 1.29 is 9.32 Å². The highest BCUT2D eigenvalue weighted by Gasteiger charge is 2.28. The van der Waals surface area contributed by atoms with Gasteiger partial charge in [0.15, 0.2) is 5.69 Å². The van der Waals surface area contributed by atoms with E-state index in [9.17, 15) is 4.79 Å². The van der Waals surface area contributed by atoms with Crippen molar-refractivity contribution in [2.45, 2.75) is 64.5 Å². The molecule has 0 radical (unpaired) electrons. The highest BCUT2D eigenvalue weighted by Crippen LogP contribution is 2.24. The maximum atomic E-state index is 12.6. The van der Waals surface area contributed by atoms with Crippen molar-refractivity contribution in [3.05, 3.63) is 28.7 Å². The number of carbonyl (C=O) groups excluding carboxylic acids is 1. The number of nitrogens with one attached hydrogen (secondary N) is 1. The molecule has 0 unspecified atom stereocenters. The minimum absolute atomic E-state index is 0.0900. The molecular weight excluding hydrogens is 294 g/mol. The fourth-order valence-electron chi connectivity index (χ4n) is 3.58. The summed E-state index contributed by atoms with van der Waals surface area (Å²) in [5.74, 6) is 2.78. The van der Waals surface area contributed by atoms with Crippen LogP contribution in [0.4, 0.5) is 0 Å². The molecule has 7 heteroatoms. The molecule has 1 amide bonds. The van der Waals surface area contributed by atoms with E-state index >= 15 is 0 Å². The number of aryl methyl sites for hydroxylation is 3. The van der Waals surface area contributed by atoms with Gasteiger partial charge in [0.25, 0.3) is 5.91 Å². The summed E-state index contributed by atoms with van der Waals surface area (Å²) in [7, 11) is 0. The van der Waals surface area contributed by atoms with Crippen molar-refractivity contribution in [1.82, 2.24) is 25.2 Å². The van der Waals surface area contributed by atoms with Crippen molar-refractivity contribution in [1.29, 1.82) is 0 Å². The second-order valence-electron chi connectivity index (χ2n) is 6.35. The van der Waals surface area contributed by atoms with Gasteiger partial charge in [0.2, 0.25) is 0 Å². The lowest BCUT2D eigenvalue weighted by molar-refractivity contribution is 0.0917. The molecule has 23 heavy (non-hydrogen) atoms. The Balaban J connectivity index is 1.48. The van der Waals surface area contributed by atoms with Crippen LogP contribution in [0.1, 0.15) is 59.6 Å². The van der Waals surface area contributed by atoms with Crippen LogP contribution in [0.2, 0.25) is 0 Å². The van der Waals surface area contributed by atoms with Crippen molar-refractivity contribution in [3.8, 4) is 0 Å². The van der Waals surface area contributed by atoms with E-state index in [2.05, 4.69) is 32.2 Å². The summed E-state index contributed by atoms with van der Waals surface area (Å²) in [4.78, 5) is 12.6. The van der Waals surface area contributed by atoms with Crippen molar-refractivity contribution in [2.75, 3.05) is 0 Å². The molecule has 4 rings (SSSR count). The number of hydrogen-bond donors (Lipinski definition) is 1. The van der Waals surface area contributed by atoms with Gasteiger partial charge in [-0.1, -0.05) is 12.1 Å². The second-order valence-corrected chi connectivity index (χ2v) is 6.35. The van der Waals surface area contributed by atoms with Crippen LogP contribution in [0, 0.1) is 0 Å². The van der Waals surface area contributed by atoms with E-state index in [4.69, 9.17) is 4.52 Å². The SMILES string of the molecule is CCc1nnc2n1C[C@H](NC(=O)c1noc3c1CCCC3)CC2. The molecule has 0 spiro atoms. The molecule has 0 fully saturated rings. The predicted octanol–water partition coefficient (Wildman–Crippen LogP) is 1.45. The average Bonchev–Trinajstić information content (AvgIpc) is 3.18. The van der Waals surface area contributed by atoms with Crippen LogP contribution in [0.3, 0.4) is 0 Å². The number of amides is 1. The number of fused-ring (bicyclic) bond motifs is 2. The molecule has 0 saturated carbocycles. The fourth-order valence-corrected chi connectivity index (χ4v) is 3.58. The Kier molecular flexibility index (Phi) is 3.63. The molecule has 0 aromatic carbocycles. The highest BCUT2D eigenvalue weighted by atomic mass is 16.5. The van der Waals surface area contributed by atoms with E-state index < -0.39 is 0 Å². The predicted molar refractivity (Wildman–Crippen MR) is 82.1 cm³/mol. The van der Waals surface area contributed by atoms with E-state index in [0.29, 0.717) is 5.69 Å². The first-order chi connectivity index (χ1) is 11.3. The fraction of sp³-hybridized carbons (Fsp3) is 0.625. The Hall–Kier alpha value is -2.18. The van der Waals surface area contributed by atoms with Crippen LogP contribution in [0.5, 0.6) is 0 Å². The standard InChI is InChI=1S/C16H21N5O2/c1-2-13-18-19-14-8-7-10(9-21(13)14)17-16(22)15-11-5-3-4-6-12(11)23-20-15/h10H,2-9H2,1H3,(H,17,22)/t10-/m1/s1. The van der Waals surface area contributed by atoms with Gasteiger partial charge in [-0.3, -0.25) is 4.79 Å². The lowest BCUT2D eigenvalue weighted by Gasteiger charge is -2.25. The van der Waals surface area contributed by atoms with Gasteiger partial charge in [-0.2, -0.15) is 0 Å². The third-order valence-corrected chi connectivity index (χ3v) is 4.84. The largest absolute Gasteiger partial charge is 0.360 e. The number of hydrogen-bond acceptors (Lipinski definition) is 5. The number of aromatic nitrogens is 4. The molecule has 1 atom stereocenters.